The lowest BCUT2D eigenvalue weighted by Crippen LogP contribution is -2.13. The smallest absolute Gasteiger partial charge is 0.306 e. The highest BCUT2D eigenvalue weighted by atomic mass is 16.4. The molecule has 0 rings (SSSR count). The molecule has 0 aliphatic rings. The molecule has 0 fully saturated rings. The van der Waals surface area contributed by atoms with Crippen molar-refractivity contribution < 1.29 is 19.8 Å². The normalized spacial score (nSPS) is 12.2. The molecule has 0 radical (unpaired) electrons. The van der Waals surface area contributed by atoms with Gasteiger partial charge in [0.05, 0.1) is 5.92 Å². The first kappa shape index (κ1) is 26.9. The Morgan fingerprint density at radius 1 is 0.571 bits per heavy atom. The second kappa shape index (κ2) is 20.7. The van der Waals surface area contributed by atoms with Crippen LogP contribution in [-0.2, 0) is 9.59 Å². The fourth-order valence-corrected chi connectivity index (χ4v) is 3.82. The van der Waals surface area contributed by atoms with Gasteiger partial charge in [0.15, 0.2) is 0 Å². The highest BCUT2D eigenvalue weighted by Crippen LogP contribution is 2.20. The Balaban J connectivity index is 3.46. The summed E-state index contributed by atoms with van der Waals surface area (Å²) in [5.41, 5.74) is 0. The van der Waals surface area contributed by atoms with Gasteiger partial charge >= 0.3 is 11.9 Å². The lowest BCUT2D eigenvalue weighted by atomic mass is 9.94. The van der Waals surface area contributed by atoms with Crippen LogP contribution in [0.15, 0.2) is 0 Å². The highest BCUT2D eigenvalue weighted by molar-refractivity contribution is 5.69. The third-order valence-electron chi connectivity index (χ3n) is 5.70. The molecule has 0 saturated heterocycles. The SMILES string of the molecule is CCCCCCCCCCC(CCCCCCCCCCCC(=O)O)C(=O)O. The van der Waals surface area contributed by atoms with E-state index < -0.39 is 11.9 Å². The molecule has 0 spiro atoms. The minimum absolute atomic E-state index is 0.144. The molecule has 0 aromatic carbocycles. The Labute approximate surface area is 173 Å². The van der Waals surface area contributed by atoms with Crippen molar-refractivity contribution in [2.75, 3.05) is 0 Å². The summed E-state index contributed by atoms with van der Waals surface area (Å²) in [5, 5.41) is 18.0. The lowest BCUT2D eigenvalue weighted by molar-refractivity contribution is -0.142. The van der Waals surface area contributed by atoms with Gasteiger partial charge in [-0.1, -0.05) is 110 Å². The Morgan fingerprint density at radius 3 is 1.29 bits per heavy atom. The van der Waals surface area contributed by atoms with E-state index in [2.05, 4.69) is 6.92 Å². The summed E-state index contributed by atoms with van der Waals surface area (Å²) in [5.74, 6) is -1.44. The van der Waals surface area contributed by atoms with E-state index in [1.165, 1.54) is 70.6 Å². The summed E-state index contributed by atoms with van der Waals surface area (Å²) in [6.07, 6.45) is 22.0. The number of unbranched alkanes of at least 4 members (excludes halogenated alkanes) is 15. The predicted octanol–water partition coefficient (Wildman–Crippen LogP) is 7.59. The number of hydrogen-bond acceptors (Lipinski definition) is 2. The topological polar surface area (TPSA) is 74.6 Å². The van der Waals surface area contributed by atoms with Crippen LogP contribution in [0.5, 0.6) is 0 Å². The molecule has 0 saturated carbocycles. The zero-order chi connectivity index (χ0) is 20.9. The van der Waals surface area contributed by atoms with Crippen LogP contribution in [0.25, 0.3) is 0 Å². The number of carboxylic acid groups (broad SMARTS) is 2. The molecule has 4 nitrogen and oxygen atoms in total. The monoisotopic (exact) mass is 398 g/mol. The standard InChI is InChI=1S/C24H46O4/c1-2-3-4-5-6-10-13-16-19-22(24(27)28)20-17-14-11-8-7-9-12-15-18-21-23(25)26/h22H,2-21H2,1H3,(H,25,26)(H,27,28). The number of aliphatic carboxylic acids is 2. The maximum Gasteiger partial charge on any atom is 0.306 e. The van der Waals surface area contributed by atoms with Crippen LogP contribution in [0, 0.1) is 5.92 Å². The maximum absolute atomic E-state index is 11.4. The van der Waals surface area contributed by atoms with Crippen molar-refractivity contribution in [2.24, 2.45) is 5.92 Å². The van der Waals surface area contributed by atoms with E-state index in [1.807, 2.05) is 0 Å². The number of carboxylic acids is 2. The van der Waals surface area contributed by atoms with E-state index >= 15 is 0 Å². The van der Waals surface area contributed by atoms with Crippen LogP contribution >= 0.6 is 0 Å². The molecule has 2 N–H and O–H groups in total. The van der Waals surface area contributed by atoms with Crippen molar-refractivity contribution in [1.82, 2.24) is 0 Å². The third-order valence-corrected chi connectivity index (χ3v) is 5.70. The van der Waals surface area contributed by atoms with E-state index in [0.717, 1.165) is 51.4 Å². The van der Waals surface area contributed by atoms with Gasteiger partial charge < -0.3 is 10.2 Å². The van der Waals surface area contributed by atoms with E-state index in [0.29, 0.717) is 6.42 Å². The van der Waals surface area contributed by atoms with E-state index in [-0.39, 0.29) is 5.92 Å². The van der Waals surface area contributed by atoms with Gasteiger partial charge in [0.2, 0.25) is 0 Å². The fourth-order valence-electron chi connectivity index (χ4n) is 3.82. The minimum Gasteiger partial charge on any atom is -0.481 e. The van der Waals surface area contributed by atoms with Crippen molar-refractivity contribution in [3.8, 4) is 0 Å². The van der Waals surface area contributed by atoms with Gasteiger partial charge in [-0.3, -0.25) is 9.59 Å². The Morgan fingerprint density at radius 2 is 0.929 bits per heavy atom. The Kier molecular flexibility index (Phi) is 19.9. The van der Waals surface area contributed by atoms with Gasteiger partial charge in [0.1, 0.15) is 0 Å². The molecule has 0 bridgehead atoms. The molecule has 28 heavy (non-hydrogen) atoms. The molecular weight excluding hydrogens is 352 g/mol. The molecule has 0 aromatic rings. The second-order valence-electron chi connectivity index (χ2n) is 8.41. The largest absolute Gasteiger partial charge is 0.481 e. The van der Waals surface area contributed by atoms with Gasteiger partial charge in [-0.25, -0.2) is 0 Å². The van der Waals surface area contributed by atoms with Gasteiger partial charge in [-0.15, -0.1) is 0 Å². The first-order chi connectivity index (χ1) is 13.6. The Hall–Kier alpha value is -1.06. The van der Waals surface area contributed by atoms with Crippen molar-refractivity contribution >= 4 is 11.9 Å². The van der Waals surface area contributed by atoms with Crippen molar-refractivity contribution in [3.05, 3.63) is 0 Å². The van der Waals surface area contributed by atoms with Crippen molar-refractivity contribution in [3.63, 3.8) is 0 Å². The van der Waals surface area contributed by atoms with E-state index in [4.69, 9.17) is 5.11 Å². The number of hydrogen-bond donors (Lipinski definition) is 2. The van der Waals surface area contributed by atoms with Crippen LogP contribution in [0.4, 0.5) is 0 Å². The van der Waals surface area contributed by atoms with Crippen LogP contribution in [0.2, 0.25) is 0 Å². The predicted molar refractivity (Wildman–Crippen MR) is 117 cm³/mol. The molecule has 0 aliphatic heterocycles. The second-order valence-corrected chi connectivity index (χ2v) is 8.41. The Bertz CT molecular complexity index is 368. The molecule has 1 unspecified atom stereocenters. The summed E-state index contributed by atoms with van der Waals surface area (Å²) in [7, 11) is 0. The third kappa shape index (κ3) is 19.7. The molecule has 0 heterocycles. The molecule has 0 amide bonds. The van der Waals surface area contributed by atoms with Crippen molar-refractivity contribution in [1.29, 1.82) is 0 Å². The van der Waals surface area contributed by atoms with Crippen molar-refractivity contribution in [2.45, 2.75) is 135 Å². The molecule has 1 atom stereocenters. The molecular formula is C24H46O4. The summed E-state index contributed by atoms with van der Waals surface area (Å²) < 4.78 is 0. The van der Waals surface area contributed by atoms with Crippen LogP contribution in [0.3, 0.4) is 0 Å². The van der Waals surface area contributed by atoms with Crippen LogP contribution in [-0.4, -0.2) is 22.2 Å². The number of carbonyl (C=O) groups is 2. The molecule has 0 aromatic heterocycles. The zero-order valence-electron chi connectivity index (χ0n) is 18.4. The van der Waals surface area contributed by atoms with Crippen LogP contribution in [0.1, 0.15) is 135 Å². The molecule has 166 valence electrons. The lowest BCUT2D eigenvalue weighted by Gasteiger charge is -2.12. The average molecular weight is 399 g/mol. The molecule has 4 heteroatoms. The maximum atomic E-state index is 11.4. The first-order valence-electron chi connectivity index (χ1n) is 12.0. The van der Waals surface area contributed by atoms with Crippen LogP contribution < -0.4 is 0 Å². The first-order valence-corrected chi connectivity index (χ1v) is 12.0. The van der Waals surface area contributed by atoms with E-state index in [1.54, 1.807) is 0 Å². The summed E-state index contributed by atoms with van der Waals surface area (Å²) in [4.78, 5) is 21.9. The van der Waals surface area contributed by atoms with Gasteiger partial charge in [0.25, 0.3) is 0 Å². The molecule has 0 aliphatic carbocycles. The van der Waals surface area contributed by atoms with Gasteiger partial charge in [-0.05, 0) is 19.3 Å². The summed E-state index contributed by atoms with van der Waals surface area (Å²) in [6.45, 7) is 2.24. The zero-order valence-corrected chi connectivity index (χ0v) is 18.4. The van der Waals surface area contributed by atoms with E-state index in [9.17, 15) is 14.7 Å². The fraction of sp³-hybridized carbons (Fsp3) is 0.917. The number of rotatable bonds is 22. The highest BCUT2D eigenvalue weighted by Gasteiger charge is 2.16. The van der Waals surface area contributed by atoms with Gasteiger partial charge in [0, 0.05) is 6.42 Å². The average Bonchev–Trinajstić information content (AvgIpc) is 2.65. The quantitative estimate of drug-likeness (QED) is 0.184. The van der Waals surface area contributed by atoms with Gasteiger partial charge in [-0.2, -0.15) is 0 Å². The summed E-state index contributed by atoms with van der Waals surface area (Å²) >= 11 is 0. The minimum atomic E-state index is -0.693. The summed E-state index contributed by atoms with van der Waals surface area (Å²) in [6, 6.07) is 0.